The van der Waals surface area contributed by atoms with Crippen LogP contribution in [0.1, 0.15) is 47.2 Å². The van der Waals surface area contributed by atoms with Gasteiger partial charge in [0.15, 0.2) is 0 Å². The number of hydrogen-bond acceptors (Lipinski definition) is 6. The number of amidine groups is 1. The average molecular weight is 526 g/mol. The molecule has 0 spiro atoms. The van der Waals surface area contributed by atoms with Gasteiger partial charge in [-0.15, -0.1) is 0 Å². The summed E-state index contributed by atoms with van der Waals surface area (Å²) in [5.74, 6) is -4.54. The van der Waals surface area contributed by atoms with Crippen LogP contribution in [-0.4, -0.2) is 64.3 Å². The lowest BCUT2D eigenvalue weighted by Gasteiger charge is -2.20. The average Bonchev–Trinajstić information content (AvgIpc) is 2.87. The number of carbonyl (C=O) groups is 5. The Balaban J connectivity index is 1.81. The van der Waals surface area contributed by atoms with Crippen LogP contribution in [0.3, 0.4) is 0 Å². The van der Waals surface area contributed by atoms with Crippen LogP contribution in [0.4, 0.5) is 0 Å². The lowest BCUT2D eigenvalue weighted by molar-refractivity contribution is -0.143. The summed E-state index contributed by atoms with van der Waals surface area (Å²) in [6.45, 7) is 0.277. The largest absolute Gasteiger partial charge is 0.481 e. The van der Waals surface area contributed by atoms with Gasteiger partial charge in [0.2, 0.25) is 11.8 Å². The molecule has 38 heavy (non-hydrogen) atoms. The molecule has 0 aliphatic heterocycles. The Bertz CT molecular complexity index is 1150. The Labute approximate surface area is 219 Å². The first-order valence-corrected chi connectivity index (χ1v) is 11.9. The van der Waals surface area contributed by atoms with E-state index in [0.717, 1.165) is 0 Å². The second-order valence-corrected chi connectivity index (χ2v) is 8.51. The van der Waals surface area contributed by atoms with Crippen LogP contribution in [-0.2, 0) is 25.6 Å². The summed E-state index contributed by atoms with van der Waals surface area (Å²) >= 11 is 0. The van der Waals surface area contributed by atoms with Crippen molar-refractivity contribution < 1.29 is 34.2 Å². The number of carbonyl (C=O) groups excluding carboxylic acids is 3. The number of nitrogens with two attached hydrogens (primary N) is 1. The summed E-state index contributed by atoms with van der Waals surface area (Å²) in [5, 5.41) is 33.4. The molecule has 2 rings (SSSR count). The molecular weight excluding hydrogens is 494 g/mol. The number of amides is 3. The van der Waals surface area contributed by atoms with Gasteiger partial charge < -0.3 is 31.9 Å². The standard InChI is InChI=1S/C26H31N5O7/c27-23(28)17-9-11-18(12-10-17)24(35)29-13-5-4-8-21(32)30-19(15-22(33)34)25(36)31-20(26(37)38)14-16-6-2-1-3-7-16/h1-3,6-7,9-12,19-20H,4-5,8,13-15H2,(H3,27,28)(H,29,35)(H,30,32)(H,31,36)(H,33,34)(H,37,38)/t19-,20-/m0/s1. The minimum absolute atomic E-state index is 0.0117. The fraction of sp³-hybridized carbons (Fsp3) is 0.308. The van der Waals surface area contributed by atoms with Crippen molar-refractivity contribution in [1.29, 1.82) is 5.41 Å². The van der Waals surface area contributed by atoms with Crippen LogP contribution >= 0.6 is 0 Å². The number of carboxylic acid groups (broad SMARTS) is 2. The van der Waals surface area contributed by atoms with E-state index in [9.17, 15) is 29.1 Å². The maximum absolute atomic E-state index is 12.6. The van der Waals surface area contributed by atoms with Gasteiger partial charge in [-0.05, 0) is 30.5 Å². The van der Waals surface area contributed by atoms with Gasteiger partial charge in [0, 0.05) is 30.5 Å². The Morgan fingerprint density at radius 1 is 0.842 bits per heavy atom. The summed E-state index contributed by atoms with van der Waals surface area (Å²) in [5.41, 5.74) is 6.94. The number of benzene rings is 2. The summed E-state index contributed by atoms with van der Waals surface area (Å²) in [6, 6.07) is 12.1. The zero-order chi connectivity index (χ0) is 28.1. The normalized spacial score (nSPS) is 12.0. The topological polar surface area (TPSA) is 212 Å². The third-order valence-electron chi connectivity index (χ3n) is 5.50. The number of rotatable bonds is 15. The van der Waals surface area contributed by atoms with E-state index in [2.05, 4.69) is 16.0 Å². The molecule has 0 unspecified atom stereocenters. The van der Waals surface area contributed by atoms with Crippen LogP contribution in [0.2, 0.25) is 0 Å². The van der Waals surface area contributed by atoms with Crippen molar-refractivity contribution in [2.45, 2.75) is 44.2 Å². The summed E-state index contributed by atoms with van der Waals surface area (Å²) in [6.07, 6.45) is 0.0378. The number of unbranched alkanes of at least 4 members (excludes halogenated alkanes) is 1. The van der Waals surface area contributed by atoms with E-state index in [0.29, 0.717) is 29.5 Å². The second kappa shape index (κ2) is 14.7. The third-order valence-corrected chi connectivity index (χ3v) is 5.50. The van der Waals surface area contributed by atoms with E-state index >= 15 is 0 Å². The lowest BCUT2D eigenvalue weighted by Crippen LogP contribution is -2.52. The number of aliphatic carboxylic acids is 2. The monoisotopic (exact) mass is 525 g/mol. The van der Waals surface area contributed by atoms with Gasteiger partial charge in [0.05, 0.1) is 6.42 Å². The molecule has 12 nitrogen and oxygen atoms in total. The van der Waals surface area contributed by atoms with Crippen LogP contribution in [0.5, 0.6) is 0 Å². The maximum Gasteiger partial charge on any atom is 0.326 e. The highest BCUT2D eigenvalue weighted by atomic mass is 16.4. The molecule has 202 valence electrons. The Kier molecular flexibility index (Phi) is 11.4. The van der Waals surface area contributed by atoms with Crippen molar-refractivity contribution >= 4 is 35.5 Å². The molecule has 3 amide bonds. The molecule has 0 radical (unpaired) electrons. The molecule has 0 fully saturated rings. The zero-order valence-corrected chi connectivity index (χ0v) is 20.6. The van der Waals surface area contributed by atoms with Gasteiger partial charge >= 0.3 is 11.9 Å². The molecule has 2 atom stereocenters. The number of nitrogen functional groups attached to an aromatic ring is 1. The van der Waals surface area contributed by atoms with Crippen molar-refractivity contribution in [3.05, 3.63) is 71.3 Å². The molecule has 0 heterocycles. The van der Waals surface area contributed by atoms with Gasteiger partial charge in [-0.2, -0.15) is 0 Å². The lowest BCUT2D eigenvalue weighted by atomic mass is 10.0. The Morgan fingerprint density at radius 2 is 1.47 bits per heavy atom. The summed E-state index contributed by atoms with van der Waals surface area (Å²) in [4.78, 5) is 60.0. The van der Waals surface area contributed by atoms with Gasteiger partial charge in [0.25, 0.3) is 5.91 Å². The highest BCUT2D eigenvalue weighted by molar-refractivity contribution is 5.98. The van der Waals surface area contributed by atoms with Crippen molar-refractivity contribution in [3.63, 3.8) is 0 Å². The molecule has 2 aromatic carbocycles. The van der Waals surface area contributed by atoms with Gasteiger partial charge in [-0.1, -0.05) is 42.5 Å². The van der Waals surface area contributed by atoms with Crippen LogP contribution in [0.15, 0.2) is 54.6 Å². The minimum atomic E-state index is -1.45. The van der Waals surface area contributed by atoms with Crippen molar-refractivity contribution in [3.8, 4) is 0 Å². The van der Waals surface area contributed by atoms with E-state index in [4.69, 9.17) is 16.2 Å². The smallest absolute Gasteiger partial charge is 0.326 e. The molecule has 0 saturated heterocycles. The van der Waals surface area contributed by atoms with Crippen molar-refractivity contribution in [2.24, 2.45) is 5.73 Å². The van der Waals surface area contributed by atoms with E-state index in [1.807, 2.05) is 0 Å². The van der Waals surface area contributed by atoms with E-state index in [1.54, 1.807) is 54.6 Å². The molecule has 2 aromatic rings. The molecular formula is C26H31N5O7. The molecule has 0 aromatic heterocycles. The van der Waals surface area contributed by atoms with Crippen LogP contribution in [0.25, 0.3) is 0 Å². The highest BCUT2D eigenvalue weighted by Crippen LogP contribution is 2.06. The van der Waals surface area contributed by atoms with E-state index < -0.39 is 42.3 Å². The quantitative estimate of drug-likeness (QED) is 0.0993. The van der Waals surface area contributed by atoms with Crippen molar-refractivity contribution in [1.82, 2.24) is 16.0 Å². The van der Waals surface area contributed by atoms with E-state index in [1.165, 1.54) is 0 Å². The molecule has 0 aliphatic carbocycles. The number of nitrogens with one attached hydrogen (secondary N) is 4. The molecule has 0 bridgehead atoms. The maximum atomic E-state index is 12.6. The number of carboxylic acids is 2. The van der Waals surface area contributed by atoms with Gasteiger partial charge in [-0.3, -0.25) is 24.6 Å². The summed E-state index contributed by atoms with van der Waals surface area (Å²) < 4.78 is 0. The molecule has 0 aliphatic rings. The molecule has 12 heteroatoms. The second-order valence-electron chi connectivity index (χ2n) is 8.51. The first-order chi connectivity index (χ1) is 18.1. The first-order valence-electron chi connectivity index (χ1n) is 11.9. The van der Waals surface area contributed by atoms with Gasteiger partial charge in [-0.25, -0.2) is 4.79 Å². The zero-order valence-electron chi connectivity index (χ0n) is 20.6. The van der Waals surface area contributed by atoms with Crippen LogP contribution < -0.4 is 21.7 Å². The molecule has 0 saturated carbocycles. The van der Waals surface area contributed by atoms with Crippen molar-refractivity contribution in [2.75, 3.05) is 6.54 Å². The Hall–Kier alpha value is -4.74. The highest BCUT2D eigenvalue weighted by Gasteiger charge is 2.28. The minimum Gasteiger partial charge on any atom is -0.481 e. The van der Waals surface area contributed by atoms with Crippen LogP contribution in [0, 0.1) is 5.41 Å². The Morgan fingerprint density at radius 3 is 2.05 bits per heavy atom. The van der Waals surface area contributed by atoms with Gasteiger partial charge in [0.1, 0.15) is 17.9 Å². The SMILES string of the molecule is N=C(N)c1ccc(C(=O)NCCCCC(=O)N[C@@H](CC(=O)O)C(=O)N[C@@H](Cc2ccccc2)C(=O)O)cc1. The number of hydrogen-bond donors (Lipinski definition) is 7. The predicted octanol–water partition coefficient (Wildman–Crippen LogP) is 0.642. The molecule has 8 N–H and O–H groups in total. The fourth-order valence-electron chi connectivity index (χ4n) is 3.49. The fourth-order valence-corrected chi connectivity index (χ4v) is 3.49. The predicted molar refractivity (Wildman–Crippen MR) is 138 cm³/mol. The first kappa shape index (κ1) is 29.5. The summed E-state index contributed by atoms with van der Waals surface area (Å²) in [7, 11) is 0. The van der Waals surface area contributed by atoms with E-state index in [-0.39, 0.29) is 31.1 Å². The third kappa shape index (κ3) is 10.1.